The van der Waals surface area contributed by atoms with Crippen molar-refractivity contribution in [3.8, 4) is 5.75 Å². The Kier molecular flexibility index (Phi) is 4.32. The highest BCUT2D eigenvalue weighted by Gasteiger charge is 2.26. The molecule has 144 valence electrons. The summed E-state index contributed by atoms with van der Waals surface area (Å²) in [4.78, 5) is 20.8. The van der Waals surface area contributed by atoms with E-state index < -0.39 is 0 Å². The SMILES string of the molecule is COc1ccc2[nH]c3c(c2c1)CN(C(=O)CN1CCc2ccccc2C1)CC3. The van der Waals surface area contributed by atoms with E-state index in [1.54, 1.807) is 7.11 Å². The largest absolute Gasteiger partial charge is 0.497 e. The number of rotatable bonds is 3. The van der Waals surface area contributed by atoms with Crippen molar-refractivity contribution < 1.29 is 9.53 Å². The molecule has 28 heavy (non-hydrogen) atoms. The van der Waals surface area contributed by atoms with Crippen LogP contribution in [0.5, 0.6) is 5.75 Å². The lowest BCUT2D eigenvalue weighted by Crippen LogP contribution is -2.44. The van der Waals surface area contributed by atoms with Crippen LogP contribution in [0.25, 0.3) is 10.9 Å². The number of amides is 1. The summed E-state index contributed by atoms with van der Waals surface area (Å²) in [7, 11) is 1.69. The van der Waals surface area contributed by atoms with E-state index in [1.807, 2.05) is 11.0 Å². The molecule has 1 amide bonds. The molecule has 1 N–H and O–H groups in total. The maximum absolute atomic E-state index is 13.0. The van der Waals surface area contributed by atoms with Gasteiger partial charge in [-0.15, -0.1) is 0 Å². The van der Waals surface area contributed by atoms with Gasteiger partial charge in [0.1, 0.15) is 5.75 Å². The molecule has 1 aromatic heterocycles. The Morgan fingerprint density at radius 3 is 2.79 bits per heavy atom. The molecule has 0 aliphatic carbocycles. The lowest BCUT2D eigenvalue weighted by Gasteiger charge is -2.32. The van der Waals surface area contributed by atoms with Gasteiger partial charge in [-0.1, -0.05) is 24.3 Å². The van der Waals surface area contributed by atoms with Gasteiger partial charge in [0, 0.05) is 54.8 Å². The third-order valence-electron chi connectivity index (χ3n) is 6.10. The van der Waals surface area contributed by atoms with Gasteiger partial charge < -0.3 is 14.6 Å². The molecule has 0 spiro atoms. The number of nitrogens with zero attached hydrogens (tertiary/aromatic N) is 2. The van der Waals surface area contributed by atoms with E-state index in [0.717, 1.165) is 43.7 Å². The van der Waals surface area contributed by atoms with Crippen LogP contribution in [0.3, 0.4) is 0 Å². The van der Waals surface area contributed by atoms with Crippen molar-refractivity contribution in [3.05, 3.63) is 64.8 Å². The van der Waals surface area contributed by atoms with Crippen molar-refractivity contribution in [1.29, 1.82) is 0 Å². The van der Waals surface area contributed by atoms with Crippen LogP contribution in [-0.2, 0) is 30.7 Å². The topological polar surface area (TPSA) is 48.6 Å². The fourth-order valence-electron chi connectivity index (χ4n) is 4.51. The van der Waals surface area contributed by atoms with Crippen molar-refractivity contribution in [1.82, 2.24) is 14.8 Å². The van der Waals surface area contributed by atoms with Crippen LogP contribution in [-0.4, -0.2) is 47.4 Å². The summed E-state index contributed by atoms with van der Waals surface area (Å²) in [5.74, 6) is 1.08. The highest BCUT2D eigenvalue weighted by atomic mass is 16.5. The van der Waals surface area contributed by atoms with Crippen LogP contribution in [0.15, 0.2) is 42.5 Å². The van der Waals surface area contributed by atoms with E-state index in [0.29, 0.717) is 13.1 Å². The summed E-state index contributed by atoms with van der Waals surface area (Å²) in [5.41, 5.74) is 6.37. The second kappa shape index (κ2) is 6.99. The highest BCUT2D eigenvalue weighted by molar-refractivity contribution is 5.87. The average Bonchev–Trinajstić information content (AvgIpc) is 3.10. The smallest absolute Gasteiger partial charge is 0.237 e. The maximum atomic E-state index is 13.0. The number of aromatic nitrogens is 1. The summed E-state index contributed by atoms with van der Waals surface area (Å²) < 4.78 is 5.39. The van der Waals surface area contributed by atoms with Crippen molar-refractivity contribution in [2.45, 2.75) is 25.9 Å². The van der Waals surface area contributed by atoms with E-state index in [9.17, 15) is 4.79 Å². The van der Waals surface area contributed by atoms with Crippen molar-refractivity contribution >= 4 is 16.8 Å². The Morgan fingerprint density at radius 1 is 1.07 bits per heavy atom. The van der Waals surface area contributed by atoms with Crippen molar-refractivity contribution in [3.63, 3.8) is 0 Å². The lowest BCUT2D eigenvalue weighted by molar-refractivity contribution is -0.133. The molecular weight excluding hydrogens is 350 g/mol. The quantitative estimate of drug-likeness (QED) is 0.765. The third-order valence-corrected chi connectivity index (χ3v) is 6.10. The molecule has 0 saturated heterocycles. The van der Waals surface area contributed by atoms with Gasteiger partial charge in [0.25, 0.3) is 0 Å². The van der Waals surface area contributed by atoms with Gasteiger partial charge in [0.05, 0.1) is 13.7 Å². The second-order valence-corrected chi connectivity index (χ2v) is 7.79. The van der Waals surface area contributed by atoms with Gasteiger partial charge in [0.15, 0.2) is 0 Å². The molecule has 0 atom stereocenters. The Hall–Kier alpha value is -2.79. The van der Waals surface area contributed by atoms with Crippen LogP contribution in [0, 0.1) is 0 Å². The summed E-state index contributed by atoms with van der Waals surface area (Å²) in [6, 6.07) is 14.7. The van der Waals surface area contributed by atoms with Crippen LogP contribution >= 0.6 is 0 Å². The van der Waals surface area contributed by atoms with Gasteiger partial charge in [-0.05, 0) is 35.7 Å². The number of hydrogen-bond donors (Lipinski definition) is 1. The zero-order valence-electron chi connectivity index (χ0n) is 16.2. The third kappa shape index (κ3) is 3.06. The summed E-state index contributed by atoms with van der Waals surface area (Å²) >= 11 is 0. The number of methoxy groups -OCH3 is 1. The van der Waals surface area contributed by atoms with Gasteiger partial charge >= 0.3 is 0 Å². The van der Waals surface area contributed by atoms with E-state index in [-0.39, 0.29) is 5.91 Å². The minimum absolute atomic E-state index is 0.224. The number of hydrogen-bond acceptors (Lipinski definition) is 3. The zero-order valence-corrected chi connectivity index (χ0v) is 16.2. The van der Waals surface area contributed by atoms with Gasteiger partial charge in [-0.2, -0.15) is 0 Å². The molecule has 0 unspecified atom stereocenters. The fourth-order valence-corrected chi connectivity index (χ4v) is 4.51. The predicted octanol–water partition coefficient (Wildman–Crippen LogP) is 3.12. The van der Waals surface area contributed by atoms with Crippen LogP contribution < -0.4 is 4.74 Å². The van der Waals surface area contributed by atoms with Gasteiger partial charge in [0.2, 0.25) is 5.91 Å². The average molecular weight is 375 g/mol. The first-order chi connectivity index (χ1) is 13.7. The van der Waals surface area contributed by atoms with Crippen LogP contribution in [0.4, 0.5) is 0 Å². The Morgan fingerprint density at radius 2 is 1.93 bits per heavy atom. The highest BCUT2D eigenvalue weighted by Crippen LogP contribution is 2.30. The number of ether oxygens (including phenoxy) is 1. The van der Waals surface area contributed by atoms with Crippen LogP contribution in [0.1, 0.15) is 22.4 Å². The molecule has 5 rings (SSSR count). The molecule has 3 heterocycles. The van der Waals surface area contributed by atoms with Crippen molar-refractivity contribution in [2.24, 2.45) is 0 Å². The molecule has 5 heteroatoms. The number of carbonyl (C=O) groups is 1. The minimum atomic E-state index is 0.224. The molecule has 3 aromatic rings. The monoisotopic (exact) mass is 375 g/mol. The van der Waals surface area contributed by atoms with Gasteiger partial charge in [-0.3, -0.25) is 9.69 Å². The zero-order chi connectivity index (χ0) is 19.1. The van der Waals surface area contributed by atoms with E-state index in [4.69, 9.17) is 4.74 Å². The molecule has 2 aliphatic rings. The predicted molar refractivity (Wildman–Crippen MR) is 109 cm³/mol. The number of H-pyrrole nitrogens is 1. The molecule has 2 aromatic carbocycles. The molecular formula is C23H25N3O2. The Balaban J connectivity index is 1.31. The molecule has 0 radical (unpaired) electrons. The molecule has 0 fully saturated rings. The first-order valence-corrected chi connectivity index (χ1v) is 9.95. The first kappa shape index (κ1) is 17.3. The number of carbonyl (C=O) groups excluding carboxylic acids is 1. The molecule has 0 bridgehead atoms. The van der Waals surface area contributed by atoms with E-state index >= 15 is 0 Å². The number of fused-ring (bicyclic) bond motifs is 4. The van der Waals surface area contributed by atoms with Gasteiger partial charge in [-0.25, -0.2) is 0 Å². The fraction of sp³-hybridized carbons (Fsp3) is 0.348. The normalized spacial score (nSPS) is 16.7. The molecule has 2 aliphatic heterocycles. The molecule has 5 nitrogen and oxygen atoms in total. The number of nitrogens with one attached hydrogen (secondary N) is 1. The minimum Gasteiger partial charge on any atom is -0.497 e. The van der Waals surface area contributed by atoms with Crippen LogP contribution in [0.2, 0.25) is 0 Å². The summed E-state index contributed by atoms with van der Waals surface area (Å²) in [6.45, 7) is 3.76. The standard InChI is InChI=1S/C23H25N3O2/c1-28-18-6-7-21-19(12-18)20-14-26(11-9-22(20)24-21)23(27)15-25-10-8-16-4-2-3-5-17(16)13-25/h2-7,12,24H,8-11,13-15H2,1H3. The summed E-state index contributed by atoms with van der Waals surface area (Å²) in [6.07, 6.45) is 1.90. The summed E-state index contributed by atoms with van der Waals surface area (Å²) in [5, 5.41) is 1.17. The Labute approximate surface area is 164 Å². The lowest BCUT2D eigenvalue weighted by atomic mass is 10.00. The van der Waals surface area contributed by atoms with E-state index in [1.165, 1.54) is 27.8 Å². The first-order valence-electron chi connectivity index (χ1n) is 9.95. The molecule has 0 saturated carbocycles. The maximum Gasteiger partial charge on any atom is 0.237 e. The van der Waals surface area contributed by atoms with Crippen molar-refractivity contribution in [2.75, 3.05) is 26.7 Å². The number of benzene rings is 2. The van der Waals surface area contributed by atoms with E-state index in [2.05, 4.69) is 46.3 Å². The number of aromatic amines is 1. The Bertz CT molecular complexity index is 1040. The second-order valence-electron chi connectivity index (χ2n) is 7.79.